The summed E-state index contributed by atoms with van der Waals surface area (Å²) >= 11 is 5.29. The summed E-state index contributed by atoms with van der Waals surface area (Å²) in [4.78, 5) is 13.5. The molecule has 5 heteroatoms. The fraction of sp³-hybridized carbons (Fsp3) is 1.00. The van der Waals surface area contributed by atoms with Crippen molar-refractivity contribution in [2.75, 3.05) is 12.5 Å². The van der Waals surface area contributed by atoms with Crippen LogP contribution in [0.2, 0.25) is 0 Å². The van der Waals surface area contributed by atoms with Crippen LogP contribution < -0.4 is 0 Å². The molecule has 0 heterocycles. The molecule has 0 aromatic heterocycles. The highest BCUT2D eigenvalue weighted by atomic mass is 35.5. The molecule has 0 aliphatic carbocycles. The molecule has 0 amide bonds. The molecule has 0 fully saturated rings. The van der Waals surface area contributed by atoms with Gasteiger partial charge in [0, 0.05) is 5.88 Å². The van der Waals surface area contributed by atoms with E-state index in [1.165, 1.54) is 0 Å². The maximum absolute atomic E-state index is 9.51. The largest absolute Gasteiger partial charge is 0.314 e. The van der Waals surface area contributed by atoms with Crippen molar-refractivity contribution in [2.24, 2.45) is 0 Å². The molecule has 0 atom stereocenters. The van der Waals surface area contributed by atoms with Crippen molar-refractivity contribution in [3.05, 3.63) is 10.1 Å². The summed E-state index contributed by atoms with van der Waals surface area (Å²) in [6, 6.07) is 0. The smallest absolute Gasteiger partial charge is 0.294 e. The van der Waals surface area contributed by atoms with Crippen molar-refractivity contribution < 1.29 is 9.92 Å². The van der Waals surface area contributed by atoms with Gasteiger partial charge >= 0.3 is 0 Å². The van der Waals surface area contributed by atoms with Crippen LogP contribution in [0.5, 0.6) is 0 Å². The lowest BCUT2D eigenvalue weighted by Gasteiger charge is -1.94. The van der Waals surface area contributed by atoms with Crippen LogP contribution in [0.25, 0.3) is 0 Å². The fourth-order valence-electron chi connectivity index (χ4n) is 0.336. The Morgan fingerprint density at radius 3 is 2.67 bits per heavy atom. The van der Waals surface area contributed by atoms with E-state index in [1.54, 1.807) is 0 Å². The third-order valence-corrected chi connectivity index (χ3v) is 0.992. The highest BCUT2D eigenvalue weighted by Crippen LogP contribution is 1.91. The Hall–Kier alpha value is -0.510. The number of unbranched alkanes of at least 4 members (excludes halogenated alkanes) is 1. The standard InChI is InChI=1S/C4H8ClNO3/c5-3-1-2-4-9-6(7)8/h1-4H2. The van der Waals surface area contributed by atoms with Crippen LogP contribution in [0.3, 0.4) is 0 Å². The van der Waals surface area contributed by atoms with E-state index in [1.807, 2.05) is 0 Å². The first-order valence-corrected chi connectivity index (χ1v) is 3.14. The van der Waals surface area contributed by atoms with Crippen molar-refractivity contribution in [1.29, 1.82) is 0 Å². The Balaban J connectivity index is 2.83. The summed E-state index contributed by atoms with van der Waals surface area (Å²) in [5, 5.41) is 8.72. The summed E-state index contributed by atoms with van der Waals surface area (Å²) in [6.45, 7) is 0.153. The van der Waals surface area contributed by atoms with Crippen molar-refractivity contribution >= 4 is 11.6 Å². The van der Waals surface area contributed by atoms with E-state index in [0.717, 1.165) is 6.42 Å². The van der Waals surface area contributed by atoms with E-state index >= 15 is 0 Å². The molecule has 4 nitrogen and oxygen atoms in total. The first-order valence-electron chi connectivity index (χ1n) is 2.60. The molecule has 9 heavy (non-hydrogen) atoms. The van der Waals surface area contributed by atoms with E-state index in [-0.39, 0.29) is 6.61 Å². The minimum absolute atomic E-state index is 0.153. The maximum atomic E-state index is 9.51. The molecule has 0 rings (SSSR count). The Bertz CT molecular complexity index is 87.9. The van der Waals surface area contributed by atoms with E-state index in [0.29, 0.717) is 12.3 Å². The zero-order valence-electron chi connectivity index (χ0n) is 4.88. The topological polar surface area (TPSA) is 52.4 Å². The predicted molar refractivity (Wildman–Crippen MR) is 32.9 cm³/mol. The zero-order valence-corrected chi connectivity index (χ0v) is 5.63. The molecule has 0 unspecified atom stereocenters. The van der Waals surface area contributed by atoms with Crippen LogP contribution in [0.1, 0.15) is 12.8 Å². The van der Waals surface area contributed by atoms with Crippen LogP contribution in [-0.2, 0) is 4.84 Å². The van der Waals surface area contributed by atoms with Gasteiger partial charge in [0.2, 0.25) is 0 Å². The predicted octanol–water partition coefficient (Wildman–Crippen LogP) is 1.21. The highest BCUT2D eigenvalue weighted by molar-refractivity contribution is 6.17. The van der Waals surface area contributed by atoms with Crippen LogP contribution in [-0.4, -0.2) is 17.6 Å². The molecule has 0 radical (unpaired) electrons. The average molecular weight is 154 g/mol. The summed E-state index contributed by atoms with van der Waals surface area (Å²) in [5.74, 6) is 0.529. The SMILES string of the molecule is O=[N+]([O-])OCCCCCl. The van der Waals surface area contributed by atoms with E-state index in [2.05, 4.69) is 4.84 Å². The first-order chi connectivity index (χ1) is 4.27. The lowest BCUT2D eigenvalue weighted by molar-refractivity contribution is -0.757. The van der Waals surface area contributed by atoms with Crippen molar-refractivity contribution in [3.8, 4) is 0 Å². The molecule has 0 aliphatic heterocycles. The van der Waals surface area contributed by atoms with Gasteiger partial charge in [-0.05, 0) is 12.8 Å². The molecular weight excluding hydrogens is 146 g/mol. The summed E-state index contributed by atoms with van der Waals surface area (Å²) in [5.41, 5.74) is 0. The second-order valence-electron chi connectivity index (χ2n) is 1.45. The quantitative estimate of drug-likeness (QED) is 0.258. The number of rotatable bonds is 5. The second kappa shape index (κ2) is 5.62. The lowest BCUT2D eigenvalue weighted by atomic mass is 10.4. The Morgan fingerprint density at radius 1 is 1.56 bits per heavy atom. The first kappa shape index (κ1) is 8.49. The lowest BCUT2D eigenvalue weighted by Crippen LogP contribution is -2.01. The van der Waals surface area contributed by atoms with Gasteiger partial charge in [-0.3, -0.25) is 0 Å². The van der Waals surface area contributed by atoms with Crippen molar-refractivity contribution in [3.63, 3.8) is 0 Å². The van der Waals surface area contributed by atoms with E-state index < -0.39 is 5.09 Å². The molecule has 0 aromatic rings. The van der Waals surface area contributed by atoms with Gasteiger partial charge in [0.25, 0.3) is 5.09 Å². The molecule has 0 aromatic carbocycles. The number of alkyl halides is 1. The van der Waals surface area contributed by atoms with Crippen LogP contribution in [0, 0.1) is 10.1 Å². The molecule has 0 N–H and O–H groups in total. The Morgan fingerprint density at radius 2 is 2.22 bits per heavy atom. The molecule has 0 spiro atoms. The van der Waals surface area contributed by atoms with Gasteiger partial charge in [0.05, 0.1) is 6.61 Å². The van der Waals surface area contributed by atoms with Gasteiger partial charge in [-0.15, -0.1) is 21.7 Å². The van der Waals surface area contributed by atoms with Crippen LogP contribution >= 0.6 is 11.6 Å². The average Bonchev–Trinajstić information content (AvgIpc) is 1.80. The second-order valence-corrected chi connectivity index (χ2v) is 1.83. The minimum Gasteiger partial charge on any atom is -0.314 e. The van der Waals surface area contributed by atoms with Gasteiger partial charge in [-0.25, -0.2) is 0 Å². The van der Waals surface area contributed by atoms with E-state index in [4.69, 9.17) is 11.6 Å². The molecule has 54 valence electrons. The minimum atomic E-state index is -0.797. The Kier molecular flexibility index (Phi) is 5.30. The van der Waals surface area contributed by atoms with Gasteiger partial charge in [-0.2, -0.15) is 0 Å². The van der Waals surface area contributed by atoms with Gasteiger partial charge in [0.15, 0.2) is 0 Å². The van der Waals surface area contributed by atoms with Crippen LogP contribution in [0.4, 0.5) is 0 Å². The Labute approximate surface area is 57.9 Å². The third kappa shape index (κ3) is 7.49. The number of nitrogens with zero attached hydrogens (tertiary/aromatic N) is 1. The number of hydrogen-bond donors (Lipinski definition) is 0. The highest BCUT2D eigenvalue weighted by Gasteiger charge is 1.92. The zero-order chi connectivity index (χ0) is 7.11. The molecule has 0 aliphatic rings. The van der Waals surface area contributed by atoms with Gasteiger partial charge in [0.1, 0.15) is 0 Å². The maximum Gasteiger partial charge on any atom is 0.294 e. The van der Waals surface area contributed by atoms with E-state index in [9.17, 15) is 10.1 Å². The summed E-state index contributed by atoms with van der Waals surface area (Å²) in [7, 11) is 0. The molecule has 0 saturated carbocycles. The normalized spacial score (nSPS) is 9.00. The van der Waals surface area contributed by atoms with Gasteiger partial charge < -0.3 is 4.84 Å². The fourth-order valence-corrected chi connectivity index (χ4v) is 0.525. The van der Waals surface area contributed by atoms with Crippen molar-refractivity contribution in [2.45, 2.75) is 12.8 Å². The van der Waals surface area contributed by atoms with Gasteiger partial charge in [-0.1, -0.05) is 0 Å². The summed E-state index contributed by atoms with van der Waals surface area (Å²) < 4.78 is 0. The molecule has 0 bridgehead atoms. The third-order valence-electron chi connectivity index (χ3n) is 0.725. The monoisotopic (exact) mass is 153 g/mol. The number of hydrogen-bond acceptors (Lipinski definition) is 3. The molecule has 0 saturated heterocycles. The van der Waals surface area contributed by atoms with Crippen molar-refractivity contribution in [1.82, 2.24) is 0 Å². The molecular formula is C4H8ClNO3. The van der Waals surface area contributed by atoms with Crippen LogP contribution in [0.15, 0.2) is 0 Å². The number of halogens is 1. The summed E-state index contributed by atoms with van der Waals surface area (Å²) in [6.07, 6.45) is 1.40.